The Balaban J connectivity index is 1.62. The highest BCUT2D eigenvalue weighted by Crippen LogP contribution is 2.35. The lowest BCUT2D eigenvalue weighted by Gasteiger charge is -2.23. The van der Waals surface area contributed by atoms with E-state index in [1.54, 1.807) is 0 Å². The zero-order valence-electron chi connectivity index (χ0n) is 11.3. The third-order valence-corrected chi connectivity index (χ3v) is 4.15. The number of hydrogen-bond donors (Lipinski definition) is 1. The maximum absolute atomic E-state index is 10.0. The second-order valence-electron chi connectivity index (χ2n) is 5.50. The van der Waals surface area contributed by atoms with E-state index in [0.717, 1.165) is 50.0 Å². The summed E-state index contributed by atoms with van der Waals surface area (Å²) < 4.78 is 11.5. The van der Waals surface area contributed by atoms with Gasteiger partial charge in [0.25, 0.3) is 0 Å². The van der Waals surface area contributed by atoms with Gasteiger partial charge in [-0.3, -0.25) is 0 Å². The first kappa shape index (κ1) is 12.9. The normalized spacial score (nSPS) is 26.2. The zero-order valence-corrected chi connectivity index (χ0v) is 11.3. The Hall–Kier alpha value is -1.06. The van der Waals surface area contributed by atoms with Crippen LogP contribution in [-0.2, 0) is 11.2 Å². The Morgan fingerprint density at radius 1 is 1.26 bits per heavy atom. The van der Waals surface area contributed by atoms with Crippen molar-refractivity contribution in [1.82, 2.24) is 0 Å². The lowest BCUT2D eigenvalue weighted by molar-refractivity contribution is 0.0899. The van der Waals surface area contributed by atoms with E-state index in [0.29, 0.717) is 12.7 Å². The first-order valence-electron chi connectivity index (χ1n) is 7.39. The minimum atomic E-state index is -0.314. The van der Waals surface area contributed by atoms with Crippen LogP contribution in [0.3, 0.4) is 0 Å². The molecule has 1 aromatic rings. The molecule has 1 aromatic carbocycles. The van der Waals surface area contributed by atoms with Gasteiger partial charge in [-0.05, 0) is 49.3 Å². The van der Waals surface area contributed by atoms with E-state index in [-0.39, 0.29) is 6.10 Å². The van der Waals surface area contributed by atoms with Gasteiger partial charge in [-0.15, -0.1) is 0 Å². The van der Waals surface area contributed by atoms with E-state index in [1.807, 2.05) is 18.2 Å². The summed E-state index contributed by atoms with van der Waals surface area (Å²) in [7, 11) is 0. The molecule has 1 fully saturated rings. The monoisotopic (exact) mass is 262 g/mol. The first-order chi connectivity index (χ1) is 9.34. The molecule has 0 radical (unpaired) electrons. The average Bonchev–Trinajstić information content (AvgIpc) is 2.93. The third-order valence-electron chi connectivity index (χ3n) is 4.15. The van der Waals surface area contributed by atoms with Gasteiger partial charge >= 0.3 is 0 Å². The number of benzene rings is 1. The van der Waals surface area contributed by atoms with Crippen LogP contribution in [0.15, 0.2) is 18.2 Å². The highest BCUT2D eigenvalue weighted by Gasteiger charge is 2.21. The third kappa shape index (κ3) is 2.93. The molecule has 2 aliphatic rings. The van der Waals surface area contributed by atoms with E-state index in [4.69, 9.17) is 9.47 Å². The molecule has 1 aliphatic heterocycles. The van der Waals surface area contributed by atoms with Crippen LogP contribution >= 0.6 is 0 Å². The summed E-state index contributed by atoms with van der Waals surface area (Å²) in [5, 5.41) is 10.0. The summed E-state index contributed by atoms with van der Waals surface area (Å²) in [6, 6.07) is 6.02. The summed E-state index contributed by atoms with van der Waals surface area (Å²) in [5.41, 5.74) is 2.26. The Kier molecular flexibility index (Phi) is 4.04. The van der Waals surface area contributed by atoms with Crippen molar-refractivity contribution in [2.45, 2.75) is 50.7 Å². The molecule has 1 N–H and O–H groups in total. The molecule has 2 unspecified atom stereocenters. The van der Waals surface area contributed by atoms with Crippen molar-refractivity contribution >= 4 is 0 Å². The number of hydrogen-bond acceptors (Lipinski definition) is 3. The van der Waals surface area contributed by atoms with Crippen LogP contribution < -0.4 is 4.74 Å². The lowest BCUT2D eigenvalue weighted by atomic mass is 9.89. The Morgan fingerprint density at radius 3 is 3.05 bits per heavy atom. The van der Waals surface area contributed by atoms with Crippen molar-refractivity contribution in [3.8, 4) is 5.75 Å². The van der Waals surface area contributed by atoms with Gasteiger partial charge in [-0.1, -0.05) is 12.1 Å². The second kappa shape index (κ2) is 5.93. The summed E-state index contributed by atoms with van der Waals surface area (Å²) in [5.74, 6) is 0.953. The largest absolute Gasteiger partial charge is 0.493 e. The van der Waals surface area contributed by atoms with Gasteiger partial charge in [0.05, 0.1) is 18.8 Å². The van der Waals surface area contributed by atoms with E-state index in [2.05, 4.69) is 0 Å². The van der Waals surface area contributed by atoms with Gasteiger partial charge in [-0.2, -0.15) is 0 Å². The van der Waals surface area contributed by atoms with E-state index < -0.39 is 0 Å². The van der Waals surface area contributed by atoms with Crippen molar-refractivity contribution in [2.24, 2.45) is 0 Å². The summed E-state index contributed by atoms with van der Waals surface area (Å²) in [6.07, 6.45) is 6.30. The average molecular weight is 262 g/mol. The topological polar surface area (TPSA) is 38.7 Å². The predicted octanol–water partition coefficient (Wildman–Crippen LogP) is 3.00. The van der Waals surface area contributed by atoms with Crippen molar-refractivity contribution in [3.05, 3.63) is 29.3 Å². The molecule has 0 bridgehead atoms. The Bertz CT molecular complexity index is 424. The lowest BCUT2D eigenvalue weighted by Crippen LogP contribution is -2.14. The molecule has 0 spiro atoms. The summed E-state index contributed by atoms with van der Waals surface area (Å²) in [6.45, 7) is 1.61. The van der Waals surface area contributed by atoms with Gasteiger partial charge < -0.3 is 14.6 Å². The molecule has 0 aromatic heterocycles. The fourth-order valence-corrected chi connectivity index (χ4v) is 3.10. The first-order valence-corrected chi connectivity index (χ1v) is 7.39. The molecular weight excluding hydrogens is 240 g/mol. The Morgan fingerprint density at radius 2 is 2.21 bits per heavy atom. The molecule has 3 nitrogen and oxygen atoms in total. The molecular formula is C16H22O3. The standard InChI is InChI=1S/C16H22O3/c17-15-7-1-6-14-13(15)5-2-8-16(14)19-11-9-12-4-3-10-18-12/h2,5,8,12,15,17H,1,3-4,6-7,9-11H2. The molecule has 1 heterocycles. The van der Waals surface area contributed by atoms with E-state index in [1.165, 1.54) is 12.0 Å². The maximum atomic E-state index is 10.0. The molecule has 104 valence electrons. The molecule has 1 saturated heterocycles. The summed E-state index contributed by atoms with van der Waals surface area (Å²) in [4.78, 5) is 0. The predicted molar refractivity (Wildman–Crippen MR) is 73.4 cm³/mol. The quantitative estimate of drug-likeness (QED) is 0.906. The number of aliphatic hydroxyl groups is 1. The molecule has 3 heteroatoms. The van der Waals surface area contributed by atoms with Crippen LogP contribution in [0.5, 0.6) is 5.75 Å². The smallest absolute Gasteiger partial charge is 0.122 e. The van der Waals surface area contributed by atoms with Crippen molar-refractivity contribution in [3.63, 3.8) is 0 Å². The van der Waals surface area contributed by atoms with Crippen molar-refractivity contribution in [2.75, 3.05) is 13.2 Å². The van der Waals surface area contributed by atoms with Gasteiger partial charge in [-0.25, -0.2) is 0 Å². The minimum absolute atomic E-state index is 0.314. The highest BCUT2D eigenvalue weighted by atomic mass is 16.5. The van der Waals surface area contributed by atoms with Gasteiger partial charge in [0, 0.05) is 13.0 Å². The van der Waals surface area contributed by atoms with E-state index >= 15 is 0 Å². The fraction of sp³-hybridized carbons (Fsp3) is 0.625. The van der Waals surface area contributed by atoms with Crippen LogP contribution in [-0.4, -0.2) is 24.4 Å². The van der Waals surface area contributed by atoms with Crippen molar-refractivity contribution < 1.29 is 14.6 Å². The second-order valence-corrected chi connectivity index (χ2v) is 5.50. The molecule has 19 heavy (non-hydrogen) atoms. The summed E-state index contributed by atoms with van der Waals surface area (Å²) >= 11 is 0. The van der Waals surface area contributed by atoms with E-state index in [9.17, 15) is 5.11 Å². The highest BCUT2D eigenvalue weighted by molar-refractivity contribution is 5.42. The zero-order chi connectivity index (χ0) is 13.1. The van der Waals surface area contributed by atoms with Crippen LogP contribution in [0.2, 0.25) is 0 Å². The van der Waals surface area contributed by atoms with Crippen LogP contribution in [0, 0.1) is 0 Å². The number of rotatable bonds is 4. The minimum Gasteiger partial charge on any atom is -0.493 e. The molecule has 0 saturated carbocycles. The van der Waals surface area contributed by atoms with Crippen LogP contribution in [0.25, 0.3) is 0 Å². The van der Waals surface area contributed by atoms with Crippen molar-refractivity contribution in [1.29, 1.82) is 0 Å². The molecule has 0 amide bonds. The fourth-order valence-electron chi connectivity index (χ4n) is 3.10. The van der Waals surface area contributed by atoms with Gasteiger partial charge in [0.1, 0.15) is 5.75 Å². The molecule has 1 aliphatic carbocycles. The van der Waals surface area contributed by atoms with Gasteiger partial charge in [0.2, 0.25) is 0 Å². The maximum Gasteiger partial charge on any atom is 0.122 e. The van der Waals surface area contributed by atoms with Gasteiger partial charge in [0.15, 0.2) is 0 Å². The SMILES string of the molecule is OC1CCCc2c(OCCC3CCCO3)cccc21. The number of aliphatic hydroxyl groups excluding tert-OH is 1. The number of fused-ring (bicyclic) bond motifs is 1. The van der Waals surface area contributed by atoms with Crippen LogP contribution in [0.4, 0.5) is 0 Å². The molecule has 3 rings (SSSR count). The Labute approximate surface area is 114 Å². The van der Waals surface area contributed by atoms with Crippen LogP contribution in [0.1, 0.15) is 49.3 Å². The molecule has 2 atom stereocenters. The number of ether oxygens (including phenoxy) is 2.